The maximum absolute atomic E-state index is 3.40. The molecular formula is C13H20N2. The summed E-state index contributed by atoms with van der Waals surface area (Å²) < 4.78 is 0. The Balaban J connectivity index is 2.73. The predicted molar refractivity (Wildman–Crippen MR) is 66.7 cm³/mol. The average Bonchev–Trinajstić information content (AvgIpc) is 2.17. The lowest BCUT2D eigenvalue weighted by atomic mass is 10.2. The summed E-state index contributed by atoms with van der Waals surface area (Å²) in [5, 5.41) is 6.77. The quantitative estimate of drug-likeness (QED) is 0.786. The van der Waals surface area contributed by atoms with E-state index in [4.69, 9.17) is 0 Å². The summed E-state index contributed by atoms with van der Waals surface area (Å²) in [5.74, 6) is 1.09. The lowest BCUT2D eigenvalue weighted by molar-refractivity contribution is 0.666. The van der Waals surface area contributed by atoms with Gasteiger partial charge in [-0.15, -0.1) is 0 Å². The molecule has 2 heteroatoms. The van der Waals surface area contributed by atoms with Crippen LogP contribution in [0.15, 0.2) is 41.7 Å². The van der Waals surface area contributed by atoms with Gasteiger partial charge in [-0.25, -0.2) is 0 Å². The van der Waals surface area contributed by atoms with Gasteiger partial charge >= 0.3 is 0 Å². The molecule has 0 spiro atoms. The Morgan fingerprint density at radius 3 is 2.13 bits per heavy atom. The van der Waals surface area contributed by atoms with Crippen LogP contribution in [0.25, 0.3) is 0 Å². The monoisotopic (exact) mass is 204 g/mol. The van der Waals surface area contributed by atoms with E-state index < -0.39 is 0 Å². The van der Waals surface area contributed by atoms with Crippen LogP contribution in [0.2, 0.25) is 0 Å². The summed E-state index contributed by atoms with van der Waals surface area (Å²) >= 11 is 0. The van der Waals surface area contributed by atoms with Crippen molar-refractivity contribution in [2.45, 2.75) is 33.7 Å². The molecule has 0 unspecified atom stereocenters. The molecule has 82 valence electrons. The molecule has 0 amide bonds. The van der Waals surface area contributed by atoms with E-state index >= 15 is 0 Å². The van der Waals surface area contributed by atoms with Crippen molar-refractivity contribution in [3.05, 3.63) is 41.7 Å². The molecule has 1 aromatic rings. The largest absolute Gasteiger partial charge is 0.370 e. The number of rotatable bonds is 4. The number of benzene rings is 1. The summed E-state index contributed by atoms with van der Waals surface area (Å²) in [6.45, 7) is 8.46. The van der Waals surface area contributed by atoms with Gasteiger partial charge in [-0.3, -0.25) is 0 Å². The molecule has 0 aliphatic carbocycles. The molecule has 2 N–H and O–H groups in total. The van der Waals surface area contributed by atoms with Crippen LogP contribution in [0.3, 0.4) is 0 Å². The van der Waals surface area contributed by atoms with Crippen LogP contribution in [-0.4, -0.2) is 6.04 Å². The van der Waals surface area contributed by atoms with E-state index in [0.29, 0.717) is 6.04 Å². The molecule has 1 aromatic carbocycles. The maximum atomic E-state index is 3.40. The van der Waals surface area contributed by atoms with Gasteiger partial charge in [0, 0.05) is 11.7 Å². The molecule has 0 aliphatic heterocycles. The first-order chi connectivity index (χ1) is 7.09. The Kier molecular flexibility index (Phi) is 4.22. The molecule has 0 aromatic heterocycles. The zero-order valence-electron chi connectivity index (χ0n) is 9.96. The van der Waals surface area contributed by atoms with E-state index in [1.807, 2.05) is 18.2 Å². The van der Waals surface area contributed by atoms with Crippen molar-refractivity contribution in [1.82, 2.24) is 5.32 Å². The van der Waals surface area contributed by atoms with Crippen molar-refractivity contribution in [2.75, 3.05) is 5.32 Å². The molecule has 0 fully saturated rings. The van der Waals surface area contributed by atoms with E-state index in [1.54, 1.807) is 0 Å². The van der Waals surface area contributed by atoms with Gasteiger partial charge in [-0.1, -0.05) is 18.2 Å². The van der Waals surface area contributed by atoms with E-state index in [2.05, 4.69) is 50.5 Å². The lowest BCUT2D eigenvalue weighted by Gasteiger charge is -2.18. The van der Waals surface area contributed by atoms with Crippen molar-refractivity contribution in [3.63, 3.8) is 0 Å². The van der Waals surface area contributed by atoms with E-state index in [9.17, 15) is 0 Å². The second kappa shape index (κ2) is 5.44. The van der Waals surface area contributed by atoms with Crippen molar-refractivity contribution < 1.29 is 0 Å². The molecule has 2 nitrogen and oxygen atoms in total. The Bertz CT molecular complexity index is 322. The molecule has 0 atom stereocenters. The Morgan fingerprint density at radius 1 is 1.07 bits per heavy atom. The molecule has 0 aliphatic rings. The maximum Gasteiger partial charge on any atom is 0.102 e. The minimum absolute atomic E-state index is 0.436. The van der Waals surface area contributed by atoms with Crippen LogP contribution < -0.4 is 10.6 Å². The first-order valence-corrected chi connectivity index (χ1v) is 5.35. The highest BCUT2D eigenvalue weighted by atomic mass is 15.1. The molecule has 0 saturated heterocycles. The lowest BCUT2D eigenvalue weighted by Crippen LogP contribution is -2.27. The van der Waals surface area contributed by atoms with E-state index in [-0.39, 0.29) is 0 Å². The number of hydrogen-bond donors (Lipinski definition) is 2. The third kappa shape index (κ3) is 4.07. The van der Waals surface area contributed by atoms with Crippen LogP contribution in [0.4, 0.5) is 5.69 Å². The highest BCUT2D eigenvalue weighted by Crippen LogP contribution is 2.10. The smallest absolute Gasteiger partial charge is 0.102 e. The standard InChI is InChI=1S/C13H20N2/c1-10(2)13(14-11(3)4)15-12-8-6-5-7-9-12/h5-9,11,14-15H,1-4H3. The Hall–Kier alpha value is -1.44. The van der Waals surface area contributed by atoms with Gasteiger partial charge in [0.15, 0.2) is 0 Å². The molecule has 0 saturated carbocycles. The van der Waals surface area contributed by atoms with Gasteiger partial charge in [-0.2, -0.15) is 0 Å². The third-order valence-corrected chi connectivity index (χ3v) is 1.98. The van der Waals surface area contributed by atoms with E-state index in [0.717, 1.165) is 11.5 Å². The van der Waals surface area contributed by atoms with Crippen LogP contribution in [0.5, 0.6) is 0 Å². The van der Waals surface area contributed by atoms with Crippen molar-refractivity contribution in [1.29, 1.82) is 0 Å². The highest BCUT2D eigenvalue weighted by Gasteiger charge is 2.01. The Morgan fingerprint density at radius 2 is 1.67 bits per heavy atom. The van der Waals surface area contributed by atoms with Gasteiger partial charge in [0.1, 0.15) is 5.82 Å². The molecule has 0 heterocycles. The number of hydrogen-bond acceptors (Lipinski definition) is 2. The van der Waals surface area contributed by atoms with Crippen LogP contribution >= 0.6 is 0 Å². The van der Waals surface area contributed by atoms with Gasteiger partial charge in [0.2, 0.25) is 0 Å². The first kappa shape index (κ1) is 11.6. The summed E-state index contributed by atoms with van der Waals surface area (Å²) in [4.78, 5) is 0. The molecule has 1 rings (SSSR count). The number of para-hydroxylation sites is 1. The fraction of sp³-hybridized carbons (Fsp3) is 0.385. The third-order valence-electron chi connectivity index (χ3n) is 1.98. The second-order valence-corrected chi connectivity index (χ2v) is 4.17. The molecule has 0 bridgehead atoms. The summed E-state index contributed by atoms with van der Waals surface area (Å²) in [7, 11) is 0. The van der Waals surface area contributed by atoms with Gasteiger partial charge in [0.05, 0.1) is 0 Å². The normalized spacial score (nSPS) is 9.93. The van der Waals surface area contributed by atoms with Gasteiger partial charge < -0.3 is 10.6 Å². The average molecular weight is 204 g/mol. The van der Waals surface area contributed by atoms with Crippen LogP contribution in [-0.2, 0) is 0 Å². The summed E-state index contributed by atoms with van der Waals surface area (Å²) in [6.07, 6.45) is 0. The van der Waals surface area contributed by atoms with Gasteiger partial charge in [0.25, 0.3) is 0 Å². The van der Waals surface area contributed by atoms with Gasteiger partial charge in [-0.05, 0) is 45.4 Å². The van der Waals surface area contributed by atoms with Crippen LogP contribution in [0.1, 0.15) is 27.7 Å². The first-order valence-electron chi connectivity index (χ1n) is 5.35. The summed E-state index contributed by atoms with van der Waals surface area (Å²) in [6, 6.07) is 10.6. The van der Waals surface area contributed by atoms with Crippen LogP contribution in [0, 0.1) is 0 Å². The predicted octanol–water partition coefficient (Wildman–Crippen LogP) is 3.35. The molecular weight excluding hydrogens is 184 g/mol. The minimum atomic E-state index is 0.436. The SMILES string of the molecule is CC(C)=C(Nc1ccccc1)NC(C)C. The topological polar surface area (TPSA) is 24.1 Å². The Labute approximate surface area is 92.4 Å². The molecule has 15 heavy (non-hydrogen) atoms. The van der Waals surface area contributed by atoms with E-state index in [1.165, 1.54) is 5.57 Å². The fourth-order valence-electron chi connectivity index (χ4n) is 1.26. The number of allylic oxidation sites excluding steroid dienone is 1. The zero-order chi connectivity index (χ0) is 11.3. The highest BCUT2D eigenvalue weighted by molar-refractivity contribution is 5.48. The van der Waals surface area contributed by atoms with Crippen molar-refractivity contribution in [2.24, 2.45) is 0 Å². The number of nitrogens with one attached hydrogen (secondary N) is 2. The number of anilines is 1. The minimum Gasteiger partial charge on any atom is -0.370 e. The zero-order valence-corrected chi connectivity index (χ0v) is 9.96. The second-order valence-electron chi connectivity index (χ2n) is 4.17. The van der Waals surface area contributed by atoms with Crippen molar-refractivity contribution in [3.8, 4) is 0 Å². The summed E-state index contributed by atoms with van der Waals surface area (Å²) in [5.41, 5.74) is 2.37. The molecule has 0 radical (unpaired) electrons. The van der Waals surface area contributed by atoms with Crippen molar-refractivity contribution >= 4 is 5.69 Å². The fourth-order valence-corrected chi connectivity index (χ4v) is 1.26.